The van der Waals surface area contributed by atoms with Crippen LogP contribution in [0.5, 0.6) is 5.75 Å². The summed E-state index contributed by atoms with van der Waals surface area (Å²) in [6, 6.07) is 6.92. The average Bonchev–Trinajstić information content (AvgIpc) is 2.51. The number of nitrogens with one attached hydrogen (secondary N) is 1. The Morgan fingerprint density at radius 1 is 1.39 bits per heavy atom. The summed E-state index contributed by atoms with van der Waals surface area (Å²) in [5, 5.41) is 13.1. The maximum Gasteiger partial charge on any atom is 0.321 e. The summed E-state index contributed by atoms with van der Waals surface area (Å²) < 4.78 is 5.09. The molecule has 1 aromatic carbocycles. The Morgan fingerprint density at radius 2 is 2.04 bits per heavy atom. The van der Waals surface area contributed by atoms with Crippen LogP contribution < -0.4 is 10.1 Å². The first-order valence-corrected chi connectivity index (χ1v) is 8.06. The van der Waals surface area contributed by atoms with Crippen LogP contribution in [0.2, 0.25) is 0 Å². The van der Waals surface area contributed by atoms with E-state index in [1.54, 1.807) is 38.4 Å². The van der Waals surface area contributed by atoms with E-state index in [0.29, 0.717) is 12.2 Å². The summed E-state index contributed by atoms with van der Waals surface area (Å²) in [4.78, 5) is 16.0. The average molecular weight is 321 g/mol. The summed E-state index contributed by atoms with van der Waals surface area (Å²) in [5.41, 5.74) is 0.700. The van der Waals surface area contributed by atoms with Crippen LogP contribution in [0.25, 0.3) is 0 Å². The number of aliphatic hydroxyl groups is 1. The molecule has 2 N–H and O–H groups in total. The molecule has 1 saturated heterocycles. The second-order valence-electron chi connectivity index (χ2n) is 6.24. The summed E-state index contributed by atoms with van der Waals surface area (Å²) in [7, 11) is 3.29. The minimum atomic E-state index is -0.526. The third-order valence-corrected chi connectivity index (χ3v) is 4.30. The lowest BCUT2D eigenvalue weighted by molar-refractivity contribution is 0.0533. The molecule has 0 bridgehead atoms. The first-order valence-electron chi connectivity index (χ1n) is 8.06. The van der Waals surface area contributed by atoms with Crippen LogP contribution >= 0.6 is 0 Å². The standard InChI is InChI=1S/C17H27N3O3/c1-13(11-20-9-4-10-20)16(21)12-19(2)17(22)18-14-5-7-15(23-3)8-6-14/h5-8,13,16,21H,4,9-12H2,1-3H3,(H,18,22)/t13-,16+/m0/s1. The summed E-state index contributed by atoms with van der Waals surface area (Å²) in [6.45, 7) is 5.46. The number of carbonyl (C=O) groups is 1. The highest BCUT2D eigenvalue weighted by molar-refractivity contribution is 5.89. The number of rotatable bonds is 7. The van der Waals surface area contributed by atoms with Crippen LogP contribution in [0.3, 0.4) is 0 Å². The van der Waals surface area contributed by atoms with Crippen LogP contribution in [-0.4, -0.2) is 67.4 Å². The highest BCUT2D eigenvalue weighted by Crippen LogP contribution is 2.16. The molecule has 0 radical (unpaired) electrons. The molecule has 1 heterocycles. The molecule has 1 aliphatic rings. The quantitative estimate of drug-likeness (QED) is 0.804. The van der Waals surface area contributed by atoms with Crippen LogP contribution in [0.4, 0.5) is 10.5 Å². The van der Waals surface area contributed by atoms with Crippen molar-refractivity contribution in [3.8, 4) is 5.75 Å². The lowest BCUT2D eigenvalue weighted by Gasteiger charge is -2.35. The number of urea groups is 1. The molecule has 0 aliphatic carbocycles. The molecule has 6 nitrogen and oxygen atoms in total. The fourth-order valence-electron chi connectivity index (χ4n) is 2.53. The van der Waals surface area contributed by atoms with Crippen LogP contribution in [0.1, 0.15) is 13.3 Å². The van der Waals surface area contributed by atoms with Gasteiger partial charge in [0.2, 0.25) is 0 Å². The van der Waals surface area contributed by atoms with Crippen molar-refractivity contribution in [2.45, 2.75) is 19.4 Å². The van der Waals surface area contributed by atoms with Crippen molar-refractivity contribution in [2.24, 2.45) is 5.92 Å². The maximum absolute atomic E-state index is 12.2. The van der Waals surface area contributed by atoms with E-state index >= 15 is 0 Å². The fraction of sp³-hybridized carbons (Fsp3) is 0.588. The van der Waals surface area contributed by atoms with E-state index in [0.717, 1.165) is 25.4 Å². The van der Waals surface area contributed by atoms with Crippen molar-refractivity contribution in [2.75, 3.05) is 45.7 Å². The highest BCUT2D eigenvalue weighted by atomic mass is 16.5. The van der Waals surface area contributed by atoms with Crippen molar-refractivity contribution < 1.29 is 14.6 Å². The third kappa shape index (κ3) is 5.11. The smallest absolute Gasteiger partial charge is 0.321 e. The Kier molecular flexibility index (Phi) is 6.24. The van der Waals surface area contributed by atoms with E-state index in [4.69, 9.17) is 4.74 Å². The van der Waals surface area contributed by atoms with Gasteiger partial charge >= 0.3 is 6.03 Å². The van der Waals surface area contributed by atoms with Crippen LogP contribution in [0.15, 0.2) is 24.3 Å². The number of hydrogen-bond acceptors (Lipinski definition) is 4. The highest BCUT2D eigenvalue weighted by Gasteiger charge is 2.23. The molecule has 1 fully saturated rings. The van der Waals surface area contributed by atoms with Crippen molar-refractivity contribution in [3.05, 3.63) is 24.3 Å². The second-order valence-corrected chi connectivity index (χ2v) is 6.24. The van der Waals surface area contributed by atoms with E-state index in [1.807, 2.05) is 6.92 Å². The second kappa shape index (κ2) is 8.17. The minimum absolute atomic E-state index is 0.145. The van der Waals surface area contributed by atoms with Crippen molar-refractivity contribution in [1.29, 1.82) is 0 Å². The largest absolute Gasteiger partial charge is 0.497 e. The number of likely N-dealkylation sites (tertiary alicyclic amines) is 1. The zero-order valence-electron chi connectivity index (χ0n) is 14.2. The number of anilines is 1. The van der Waals surface area contributed by atoms with Gasteiger partial charge in [0.15, 0.2) is 0 Å². The monoisotopic (exact) mass is 321 g/mol. The number of benzene rings is 1. The lowest BCUT2D eigenvalue weighted by Crippen LogP contribution is -2.45. The molecule has 128 valence electrons. The first kappa shape index (κ1) is 17.6. The zero-order chi connectivity index (χ0) is 16.8. The fourth-order valence-corrected chi connectivity index (χ4v) is 2.53. The number of ether oxygens (including phenoxy) is 1. The summed E-state index contributed by atoms with van der Waals surface area (Å²) in [6.07, 6.45) is 0.717. The number of nitrogens with zero attached hydrogens (tertiary/aromatic N) is 2. The normalized spacial score (nSPS) is 17.0. The van der Waals surface area contributed by atoms with E-state index in [-0.39, 0.29) is 11.9 Å². The molecule has 1 aliphatic heterocycles. The molecule has 0 saturated carbocycles. The number of likely N-dealkylation sites (N-methyl/N-ethyl adjacent to an activating group) is 1. The first-order chi connectivity index (χ1) is 11.0. The van der Waals surface area contributed by atoms with E-state index in [2.05, 4.69) is 10.2 Å². The van der Waals surface area contributed by atoms with Gasteiger partial charge in [0.25, 0.3) is 0 Å². The predicted octanol–water partition coefficient (Wildman–Crippen LogP) is 1.86. The van der Waals surface area contributed by atoms with Crippen LogP contribution in [0, 0.1) is 5.92 Å². The predicted molar refractivity (Wildman–Crippen MR) is 90.9 cm³/mol. The molecular formula is C17H27N3O3. The molecule has 1 aromatic rings. The van der Waals surface area contributed by atoms with Gasteiger partial charge < -0.3 is 25.0 Å². The van der Waals surface area contributed by atoms with Gasteiger partial charge in [0.1, 0.15) is 5.75 Å². The van der Waals surface area contributed by atoms with Gasteiger partial charge in [-0.25, -0.2) is 4.79 Å². The van der Waals surface area contributed by atoms with Crippen molar-refractivity contribution >= 4 is 11.7 Å². The topological polar surface area (TPSA) is 65.0 Å². The molecule has 0 unspecified atom stereocenters. The van der Waals surface area contributed by atoms with E-state index in [9.17, 15) is 9.90 Å². The Labute approximate surface area is 138 Å². The lowest BCUT2D eigenvalue weighted by atomic mass is 10.0. The van der Waals surface area contributed by atoms with Crippen molar-refractivity contribution in [3.63, 3.8) is 0 Å². The SMILES string of the molecule is COc1ccc(NC(=O)N(C)C[C@@H](O)[C@@H](C)CN2CCC2)cc1. The molecular weight excluding hydrogens is 294 g/mol. The molecule has 23 heavy (non-hydrogen) atoms. The maximum atomic E-state index is 12.2. The van der Waals surface area contributed by atoms with Gasteiger partial charge in [0.05, 0.1) is 13.2 Å². The van der Waals surface area contributed by atoms with E-state index in [1.165, 1.54) is 11.3 Å². The van der Waals surface area contributed by atoms with Gasteiger partial charge in [-0.05, 0) is 49.7 Å². The minimum Gasteiger partial charge on any atom is -0.497 e. The molecule has 2 rings (SSSR count). The number of methoxy groups -OCH3 is 1. The van der Waals surface area contributed by atoms with E-state index < -0.39 is 6.10 Å². The zero-order valence-corrected chi connectivity index (χ0v) is 14.2. The van der Waals surface area contributed by atoms with Gasteiger partial charge in [-0.3, -0.25) is 0 Å². The molecule has 0 aromatic heterocycles. The van der Waals surface area contributed by atoms with Crippen molar-refractivity contribution in [1.82, 2.24) is 9.80 Å². The third-order valence-electron chi connectivity index (χ3n) is 4.30. The van der Waals surface area contributed by atoms with Crippen LogP contribution in [-0.2, 0) is 0 Å². The van der Waals surface area contributed by atoms with Gasteiger partial charge in [-0.1, -0.05) is 6.92 Å². The Hall–Kier alpha value is -1.79. The Balaban J connectivity index is 1.78. The molecule has 6 heteroatoms. The number of carbonyl (C=O) groups excluding carboxylic acids is 1. The van der Waals surface area contributed by atoms with Gasteiger partial charge in [-0.15, -0.1) is 0 Å². The molecule has 2 atom stereocenters. The molecule has 2 amide bonds. The summed E-state index contributed by atoms with van der Waals surface area (Å²) in [5.74, 6) is 0.887. The Morgan fingerprint density at radius 3 is 2.57 bits per heavy atom. The molecule has 0 spiro atoms. The van der Waals surface area contributed by atoms with Gasteiger partial charge in [-0.2, -0.15) is 0 Å². The number of amides is 2. The van der Waals surface area contributed by atoms with Gasteiger partial charge in [0, 0.05) is 25.8 Å². The summed E-state index contributed by atoms with van der Waals surface area (Å²) >= 11 is 0. The Bertz CT molecular complexity index is 502. The number of aliphatic hydroxyl groups excluding tert-OH is 1. The number of hydrogen-bond donors (Lipinski definition) is 2.